The molecule has 0 saturated carbocycles. The lowest BCUT2D eigenvalue weighted by molar-refractivity contribution is -0.898. The molecule has 106 valence electrons. The zero-order valence-corrected chi connectivity index (χ0v) is 11.2. The predicted molar refractivity (Wildman–Crippen MR) is 69.2 cm³/mol. The number of benzene rings is 1. The van der Waals surface area contributed by atoms with Crippen molar-refractivity contribution in [3.63, 3.8) is 0 Å². The molecule has 0 saturated heterocycles. The van der Waals surface area contributed by atoms with E-state index in [1.807, 2.05) is 0 Å². The summed E-state index contributed by atoms with van der Waals surface area (Å²) in [6.07, 6.45) is 0.860. The molecule has 0 aliphatic rings. The van der Waals surface area contributed by atoms with Crippen molar-refractivity contribution in [2.75, 3.05) is 32.8 Å². The maximum absolute atomic E-state index is 10.7. The highest BCUT2D eigenvalue weighted by Gasteiger charge is 2.04. The standard InChI is InChI=1S/C14H21NO4/c1-2-15(8-9-16)7-4-10-19-13-6-3-5-12(11-13)14(17)18/h3,5-6,11,16H,2,4,7-10H2,1H3,(H,17,18). The maximum Gasteiger partial charge on any atom is 0.119 e. The molecule has 0 radical (unpaired) electrons. The van der Waals surface area contributed by atoms with Crippen molar-refractivity contribution in [1.82, 2.24) is 0 Å². The number of likely N-dealkylation sites (N-methyl/N-ethyl adjacent to an activating group) is 1. The van der Waals surface area contributed by atoms with Crippen LogP contribution in [-0.4, -0.2) is 43.9 Å². The topological polar surface area (TPSA) is 74.0 Å². The van der Waals surface area contributed by atoms with Gasteiger partial charge < -0.3 is 24.6 Å². The van der Waals surface area contributed by atoms with Gasteiger partial charge in [0, 0.05) is 12.0 Å². The number of quaternary nitrogens is 1. The van der Waals surface area contributed by atoms with Crippen molar-refractivity contribution >= 4 is 5.97 Å². The minimum absolute atomic E-state index is 0.124. The molecule has 2 N–H and O–H groups in total. The third kappa shape index (κ3) is 5.72. The molecule has 0 aliphatic carbocycles. The largest absolute Gasteiger partial charge is 0.545 e. The number of carboxylic acid groups (broad SMARTS) is 1. The van der Waals surface area contributed by atoms with Gasteiger partial charge in [0.25, 0.3) is 0 Å². The van der Waals surface area contributed by atoms with Gasteiger partial charge in [-0.25, -0.2) is 0 Å². The van der Waals surface area contributed by atoms with Gasteiger partial charge in [-0.2, -0.15) is 0 Å². The normalized spacial score (nSPS) is 12.1. The van der Waals surface area contributed by atoms with Crippen molar-refractivity contribution in [1.29, 1.82) is 0 Å². The summed E-state index contributed by atoms with van der Waals surface area (Å²) in [5, 5.41) is 19.6. The number of rotatable bonds is 9. The average molecular weight is 267 g/mol. The van der Waals surface area contributed by atoms with Crippen LogP contribution in [0.15, 0.2) is 24.3 Å². The summed E-state index contributed by atoms with van der Waals surface area (Å²) in [6.45, 7) is 5.45. The number of carbonyl (C=O) groups excluding carboxylic acids is 1. The highest BCUT2D eigenvalue weighted by molar-refractivity contribution is 5.86. The molecule has 1 atom stereocenters. The fourth-order valence-electron chi connectivity index (χ4n) is 1.86. The van der Waals surface area contributed by atoms with Gasteiger partial charge in [0.2, 0.25) is 0 Å². The van der Waals surface area contributed by atoms with Crippen molar-refractivity contribution in [3.05, 3.63) is 29.8 Å². The Balaban J connectivity index is 2.33. The van der Waals surface area contributed by atoms with E-state index >= 15 is 0 Å². The Morgan fingerprint density at radius 1 is 1.42 bits per heavy atom. The van der Waals surface area contributed by atoms with Crippen LogP contribution in [0.25, 0.3) is 0 Å². The molecule has 19 heavy (non-hydrogen) atoms. The minimum atomic E-state index is -1.20. The lowest BCUT2D eigenvalue weighted by atomic mass is 10.2. The Kier molecular flexibility index (Phi) is 6.92. The second-order valence-corrected chi connectivity index (χ2v) is 4.34. The number of carbonyl (C=O) groups is 1. The van der Waals surface area contributed by atoms with Crippen LogP contribution in [0.3, 0.4) is 0 Å². The smallest absolute Gasteiger partial charge is 0.119 e. The second-order valence-electron chi connectivity index (χ2n) is 4.34. The van der Waals surface area contributed by atoms with E-state index in [1.54, 1.807) is 12.1 Å². The summed E-state index contributed by atoms with van der Waals surface area (Å²) in [5.41, 5.74) is 0.124. The lowest BCUT2D eigenvalue weighted by Gasteiger charge is -2.16. The van der Waals surface area contributed by atoms with Crippen LogP contribution in [0.1, 0.15) is 23.7 Å². The molecule has 0 aromatic heterocycles. The molecule has 5 nitrogen and oxygen atoms in total. The Morgan fingerprint density at radius 3 is 2.84 bits per heavy atom. The highest BCUT2D eigenvalue weighted by atomic mass is 16.5. The Bertz CT molecular complexity index is 395. The van der Waals surface area contributed by atoms with Crippen molar-refractivity contribution in [3.8, 4) is 5.75 Å². The molecule has 5 heteroatoms. The number of aromatic carboxylic acids is 1. The average Bonchev–Trinajstić information content (AvgIpc) is 2.42. The summed E-state index contributed by atoms with van der Waals surface area (Å²) in [6, 6.07) is 6.31. The Morgan fingerprint density at radius 2 is 2.21 bits per heavy atom. The van der Waals surface area contributed by atoms with Crippen LogP contribution >= 0.6 is 0 Å². The van der Waals surface area contributed by atoms with E-state index < -0.39 is 5.97 Å². The monoisotopic (exact) mass is 267 g/mol. The molecule has 1 aromatic rings. The lowest BCUT2D eigenvalue weighted by Crippen LogP contribution is -3.12. The SMILES string of the molecule is CC[NH+](CCO)CCCOc1cccc(C(=O)[O-])c1. The summed E-state index contributed by atoms with van der Waals surface area (Å²) in [4.78, 5) is 12.0. The summed E-state index contributed by atoms with van der Waals surface area (Å²) in [7, 11) is 0. The number of hydrogen-bond donors (Lipinski definition) is 2. The van der Waals surface area contributed by atoms with Gasteiger partial charge >= 0.3 is 0 Å². The molecule has 0 aliphatic heterocycles. The zero-order valence-electron chi connectivity index (χ0n) is 11.2. The molecule has 0 fully saturated rings. The van der Waals surface area contributed by atoms with Gasteiger partial charge in [-0.3, -0.25) is 0 Å². The molecular weight excluding hydrogens is 246 g/mol. The van der Waals surface area contributed by atoms with Crippen LogP contribution in [0.2, 0.25) is 0 Å². The Hall–Kier alpha value is -1.59. The number of aliphatic hydroxyl groups excluding tert-OH is 1. The third-order valence-electron chi connectivity index (χ3n) is 2.98. The van der Waals surface area contributed by atoms with Crippen molar-refractivity contribution in [2.45, 2.75) is 13.3 Å². The molecule has 1 aromatic carbocycles. The Labute approximate surface area is 113 Å². The number of ether oxygens (including phenoxy) is 1. The van der Waals surface area contributed by atoms with E-state index in [-0.39, 0.29) is 12.2 Å². The van der Waals surface area contributed by atoms with Crippen LogP contribution in [0.5, 0.6) is 5.75 Å². The van der Waals surface area contributed by atoms with Gasteiger partial charge in [-0.15, -0.1) is 0 Å². The summed E-state index contributed by atoms with van der Waals surface area (Å²) < 4.78 is 5.50. The number of hydrogen-bond acceptors (Lipinski definition) is 4. The van der Waals surface area contributed by atoms with E-state index in [9.17, 15) is 9.90 Å². The first-order chi connectivity index (χ1) is 9.17. The van der Waals surface area contributed by atoms with E-state index in [0.717, 1.165) is 26.1 Å². The summed E-state index contributed by atoms with van der Waals surface area (Å²) in [5.74, 6) is -0.656. The number of aliphatic hydroxyl groups is 1. The molecule has 1 unspecified atom stereocenters. The first kappa shape index (κ1) is 15.5. The van der Waals surface area contributed by atoms with Gasteiger partial charge in [-0.05, 0) is 19.1 Å². The molecule has 1 rings (SSSR count). The second kappa shape index (κ2) is 8.50. The molecular formula is C14H21NO4. The van der Waals surface area contributed by atoms with Crippen molar-refractivity contribution < 1.29 is 24.6 Å². The van der Waals surface area contributed by atoms with Gasteiger partial charge in [0.15, 0.2) is 0 Å². The summed E-state index contributed by atoms with van der Waals surface area (Å²) >= 11 is 0. The van der Waals surface area contributed by atoms with Crippen LogP contribution in [0.4, 0.5) is 0 Å². The van der Waals surface area contributed by atoms with Crippen LogP contribution in [0, 0.1) is 0 Å². The van der Waals surface area contributed by atoms with Crippen LogP contribution in [-0.2, 0) is 0 Å². The van der Waals surface area contributed by atoms with Crippen molar-refractivity contribution in [2.24, 2.45) is 0 Å². The van der Waals surface area contributed by atoms with Gasteiger partial charge in [0.05, 0.1) is 32.3 Å². The fourth-order valence-corrected chi connectivity index (χ4v) is 1.86. The fraction of sp³-hybridized carbons (Fsp3) is 0.500. The van der Waals surface area contributed by atoms with E-state index in [0.29, 0.717) is 12.4 Å². The third-order valence-corrected chi connectivity index (χ3v) is 2.98. The van der Waals surface area contributed by atoms with Gasteiger partial charge in [0.1, 0.15) is 12.3 Å². The van der Waals surface area contributed by atoms with E-state index in [4.69, 9.17) is 9.84 Å². The van der Waals surface area contributed by atoms with E-state index in [1.165, 1.54) is 17.0 Å². The molecule has 0 spiro atoms. The minimum Gasteiger partial charge on any atom is -0.545 e. The first-order valence-corrected chi connectivity index (χ1v) is 6.56. The first-order valence-electron chi connectivity index (χ1n) is 6.56. The number of nitrogens with one attached hydrogen (secondary N) is 1. The van der Waals surface area contributed by atoms with Gasteiger partial charge in [-0.1, -0.05) is 12.1 Å². The zero-order chi connectivity index (χ0) is 14.1. The number of carboxylic acids is 1. The molecule has 0 bridgehead atoms. The maximum atomic E-state index is 10.7. The quantitative estimate of drug-likeness (QED) is 0.546. The molecule has 0 heterocycles. The predicted octanol–water partition coefficient (Wildman–Crippen LogP) is -1.28. The van der Waals surface area contributed by atoms with E-state index in [2.05, 4.69) is 6.92 Å². The van der Waals surface area contributed by atoms with Crippen LogP contribution < -0.4 is 14.7 Å². The molecule has 0 amide bonds. The highest BCUT2D eigenvalue weighted by Crippen LogP contribution is 2.12.